The maximum absolute atomic E-state index is 11.9. The van der Waals surface area contributed by atoms with Gasteiger partial charge in [-0.2, -0.15) is 0 Å². The Balaban J connectivity index is 2.25. The normalized spacial score (nSPS) is 20.4. The van der Waals surface area contributed by atoms with Crippen LogP contribution in [-0.2, 0) is 4.79 Å². The van der Waals surface area contributed by atoms with E-state index in [1.54, 1.807) is 0 Å². The Hall–Kier alpha value is -0.570. The molecule has 1 amide bonds. The summed E-state index contributed by atoms with van der Waals surface area (Å²) in [4.78, 5) is 13.9. The molecule has 1 rings (SSSR count). The van der Waals surface area contributed by atoms with Gasteiger partial charge in [0.15, 0.2) is 0 Å². The van der Waals surface area contributed by atoms with Crippen molar-refractivity contribution in [2.75, 3.05) is 19.7 Å². The Labute approximate surface area is 105 Å². The fourth-order valence-electron chi connectivity index (χ4n) is 2.30. The topological polar surface area (TPSA) is 40.5 Å². The number of rotatable bonds is 6. The third-order valence-corrected chi connectivity index (χ3v) is 3.76. The quantitative estimate of drug-likeness (QED) is 0.726. The summed E-state index contributed by atoms with van der Waals surface area (Å²) < 4.78 is 0. The number of unbranched alkanes of at least 4 members (excludes halogenated alkanes) is 3. The zero-order chi connectivity index (χ0) is 12.7. The summed E-state index contributed by atoms with van der Waals surface area (Å²) in [7, 11) is 0. The number of carbonyl (C=O) groups excluding carboxylic acids is 1. The minimum Gasteiger partial charge on any atom is -0.396 e. The highest BCUT2D eigenvalue weighted by Gasteiger charge is 2.26. The van der Waals surface area contributed by atoms with Crippen LogP contribution < -0.4 is 0 Å². The summed E-state index contributed by atoms with van der Waals surface area (Å²) in [6.45, 7) is 6.62. The summed E-state index contributed by atoms with van der Waals surface area (Å²) in [5.41, 5.74) is 0.321. The molecule has 1 saturated heterocycles. The molecule has 0 aromatic rings. The first-order valence-corrected chi connectivity index (χ1v) is 6.94. The number of amides is 1. The van der Waals surface area contributed by atoms with Gasteiger partial charge in [-0.25, -0.2) is 0 Å². The van der Waals surface area contributed by atoms with E-state index in [2.05, 4.69) is 13.8 Å². The summed E-state index contributed by atoms with van der Waals surface area (Å²) in [6, 6.07) is 0. The van der Waals surface area contributed by atoms with Gasteiger partial charge in [-0.05, 0) is 31.1 Å². The van der Waals surface area contributed by atoms with Crippen LogP contribution in [0.3, 0.4) is 0 Å². The Morgan fingerprint density at radius 1 is 1.18 bits per heavy atom. The molecule has 1 heterocycles. The Morgan fingerprint density at radius 3 is 2.59 bits per heavy atom. The van der Waals surface area contributed by atoms with Crippen LogP contribution in [0.1, 0.15) is 58.8 Å². The third-order valence-electron chi connectivity index (χ3n) is 3.76. The molecule has 0 unspecified atom stereocenters. The zero-order valence-corrected chi connectivity index (χ0v) is 11.4. The highest BCUT2D eigenvalue weighted by atomic mass is 16.2. The molecule has 0 radical (unpaired) electrons. The maximum atomic E-state index is 11.9. The van der Waals surface area contributed by atoms with Gasteiger partial charge in [-0.15, -0.1) is 0 Å². The van der Waals surface area contributed by atoms with E-state index in [9.17, 15) is 4.79 Å². The number of aliphatic hydroxyl groups excluding tert-OH is 1. The van der Waals surface area contributed by atoms with Gasteiger partial charge in [-0.3, -0.25) is 4.79 Å². The van der Waals surface area contributed by atoms with Crippen molar-refractivity contribution in [3.63, 3.8) is 0 Å². The minimum absolute atomic E-state index is 0.289. The van der Waals surface area contributed by atoms with E-state index in [1.807, 2.05) is 4.90 Å². The van der Waals surface area contributed by atoms with E-state index < -0.39 is 0 Å². The van der Waals surface area contributed by atoms with Gasteiger partial charge in [0, 0.05) is 26.1 Å². The highest BCUT2D eigenvalue weighted by molar-refractivity contribution is 5.76. The van der Waals surface area contributed by atoms with Crippen LogP contribution in [0.5, 0.6) is 0 Å². The van der Waals surface area contributed by atoms with E-state index in [1.165, 1.54) is 0 Å². The van der Waals surface area contributed by atoms with Crippen molar-refractivity contribution < 1.29 is 9.90 Å². The van der Waals surface area contributed by atoms with Crippen molar-refractivity contribution in [1.29, 1.82) is 0 Å². The molecule has 0 aromatic carbocycles. The van der Waals surface area contributed by atoms with Crippen LogP contribution in [0.2, 0.25) is 0 Å². The zero-order valence-electron chi connectivity index (χ0n) is 11.4. The first-order valence-electron chi connectivity index (χ1n) is 6.94. The first-order chi connectivity index (χ1) is 8.05. The predicted octanol–water partition coefficient (Wildman–Crippen LogP) is 2.58. The number of carbonyl (C=O) groups is 1. The predicted molar refractivity (Wildman–Crippen MR) is 69.8 cm³/mol. The van der Waals surface area contributed by atoms with Crippen molar-refractivity contribution in [2.24, 2.45) is 5.41 Å². The largest absolute Gasteiger partial charge is 0.396 e. The molecule has 1 aliphatic rings. The smallest absolute Gasteiger partial charge is 0.222 e. The highest BCUT2D eigenvalue weighted by Crippen LogP contribution is 2.30. The summed E-state index contributed by atoms with van der Waals surface area (Å²) >= 11 is 0. The lowest BCUT2D eigenvalue weighted by atomic mass is 9.85. The molecular formula is C14H27NO2. The molecule has 17 heavy (non-hydrogen) atoms. The van der Waals surface area contributed by atoms with Gasteiger partial charge in [0.1, 0.15) is 0 Å². The summed E-state index contributed by atoms with van der Waals surface area (Å²) in [5, 5.41) is 8.69. The molecule has 0 spiro atoms. The second-order valence-corrected chi connectivity index (χ2v) is 5.93. The Morgan fingerprint density at radius 2 is 1.88 bits per heavy atom. The molecule has 0 atom stereocenters. The van der Waals surface area contributed by atoms with Gasteiger partial charge >= 0.3 is 0 Å². The van der Waals surface area contributed by atoms with Crippen molar-refractivity contribution in [3.8, 4) is 0 Å². The standard InChI is InChI=1S/C14H27NO2/c1-14(2)8-7-13(17)15(11-9-14)10-5-3-4-6-12-16/h16H,3-12H2,1-2H3. The lowest BCUT2D eigenvalue weighted by molar-refractivity contribution is -0.130. The van der Waals surface area contributed by atoms with Gasteiger partial charge in [0.2, 0.25) is 5.91 Å². The molecule has 0 saturated carbocycles. The fraction of sp³-hybridized carbons (Fsp3) is 0.929. The molecule has 1 aliphatic heterocycles. The first kappa shape index (κ1) is 14.5. The number of hydrogen-bond acceptors (Lipinski definition) is 2. The summed E-state index contributed by atoms with van der Waals surface area (Å²) in [5.74, 6) is 0.331. The molecule has 100 valence electrons. The van der Waals surface area contributed by atoms with E-state index in [0.717, 1.165) is 51.6 Å². The van der Waals surface area contributed by atoms with Crippen LogP contribution in [0.15, 0.2) is 0 Å². The van der Waals surface area contributed by atoms with E-state index in [0.29, 0.717) is 17.7 Å². The van der Waals surface area contributed by atoms with Crippen molar-refractivity contribution in [2.45, 2.75) is 58.8 Å². The SMILES string of the molecule is CC1(C)CCC(=O)N(CCCCCCO)CC1. The monoisotopic (exact) mass is 241 g/mol. The van der Waals surface area contributed by atoms with Crippen molar-refractivity contribution >= 4 is 5.91 Å². The van der Waals surface area contributed by atoms with E-state index in [4.69, 9.17) is 5.11 Å². The number of nitrogens with zero attached hydrogens (tertiary/aromatic N) is 1. The van der Waals surface area contributed by atoms with Crippen molar-refractivity contribution in [1.82, 2.24) is 4.90 Å². The van der Waals surface area contributed by atoms with Gasteiger partial charge in [0.25, 0.3) is 0 Å². The van der Waals surface area contributed by atoms with Crippen LogP contribution in [0.25, 0.3) is 0 Å². The van der Waals surface area contributed by atoms with Gasteiger partial charge < -0.3 is 10.0 Å². The lowest BCUT2D eigenvalue weighted by Crippen LogP contribution is -2.31. The third kappa shape index (κ3) is 5.53. The molecule has 0 aromatic heterocycles. The molecule has 1 fully saturated rings. The van der Waals surface area contributed by atoms with Gasteiger partial charge in [-0.1, -0.05) is 26.7 Å². The van der Waals surface area contributed by atoms with E-state index >= 15 is 0 Å². The summed E-state index contributed by atoms with van der Waals surface area (Å²) in [6.07, 6.45) is 7.01. The maximum Gasteiger partial charge on any atom is 0.222 e. The molecule has 3 heteroatoms. The fourth-order valence-corrected chi connectivity index (χ4v) is 2.30. The van der Waals surface area contributed by atoms with Gasteiger partial charge in [0.05, 0.1) is 0 Å². The second kappa shape index (κ2) is 7.00. The molecular weight excluding hydrogens is 214 g/mol. The Bertz CT molecular complexity index is 238. The minimum atomic E-state index is 0.289. The lowest BCUT2D eigenvalue weighted by Gasteiger charge is -2.23. The number of likely N-dealkylation sites (tertiary alicyclic amines) is 1. The van der Waals surface area contributed by atoms with E-state index in [-0.39, 0.29) is 6.61 Å². The number of hydrogen-bond donors (Lipinski definition) is 1. The van der Waals surface area contributed by atoms with Crippen LogP contribution in [0, 0.1) is 5.41 Å². The van der Waals surface area contributed by atoms with Crippen LogP contribution in [0.4, 0.5) is 0 Å². The molecule has 0 bridgehead atoms. The number of aliphatic hydroxyl groups is 1. The average Bonchev–Trinajstić information content (AvgIpc) is 2.41. The van der Waals surface area contributed by atoms with Crippen molar-refractivity contribution in [3.05, 3.63) is 0 Å². The molecule has 3 nitrogen and oxygen atoms in total. The molecule has 0 aliphatic carbocycles. The second-order valence-electron chi connectivity index (χ2n) is 5.93. The Kier molecular flexibility index (Phi) is 5.96. The van der Waals surface area contributed by atoms with Crippen LogP contribution >= 0.6 is 0 Å². The molecule has 1 N–H and O–H groups in total. The average molecular weight is 241 g/mol. The van der Waals surface area contributed by atoms with Crippen LogP contribution in [-0.4, -0.2) is 35.6 Å².